The molecule has 0 saturated heterocycles. The Labute approximate surface area is 110 Å². The quantitative estimate of drug-likeness (QED) is 0.801. The summed E-state index contributed by atoms with van der Waals surface area (Å²) < 4.78 is 30.1. The second-order valence-corrected chi connectivity index (χ2v) is 6.54. The van der Waals surface area contributed by atoms with Crippen LogP contribution in [0.15, 0.2) is 16.3 Å². The van der Waals surface area contributed by atoms with Gasteiger partial charge in [0.1, 0.15) is 9.77 Å². The van der Waals surface area contributed by atoms with Gasteiger partial charge in [-0.1, -0.05) is 0 Å². The van der Waals surface area contributed by atoms with E-state index >= 15 is 0 Å². The number of thiophene rings is 1. The van der Waals surface area contributed by atoms with Gasteiger partial charge in [-0.3, -0.25) is 0 Å². The predicted molar refractivity (Wildman–Crippen MR) is 67.2 cm³/mol. The number of nitrogens with zero attached hydrogens (tertiary/aromatic N) is 1. The smallest absolute Gasteiger partial charge is 0.349 e. The van der Waals surface area contributed by atoms with Gasteiger partial charge in [0, 0.05) is 13.1 Å². The number of carbonyl (C=O) groups excluding carboxylic acids is 1. The van der Waals surface area contributed by atoms with Crippen LogP contribution in [-0.2, 0) is 14.8 Å². The summed E-state index contributed by atoms with van der Waals surface area (Å²) in [7, 11) is -1.26. The fourth-order valence-electron chi connectivity index (χ4n) is 1.25. The maximum Gasteiger partial charge on any atom is 0.349 e. The molecule has 18 heavy (non-hydrogen) atoms. The molecular weight excluding hydrogens is 278 g/mol. The molecule has 102 valence electrons. The van der Waals surface area contributed by atoms with Crippen LogP contribution >= 0.6 is 11.3 Å². The van der Waals surface area contributed by atoms with Gasteiger partial charge in [0.15, 0.2) is 0 Å². The number of likely N-dealkylation sites (N-methyl/N-ethyl adjacent to an activating group) is 1. The Morgan fingerprint density at radius 1 is 1.61 bits per heavy atom. The highest BCUT2D eigenvalue weighted by atomic mass is 32.2. The largest absolute Gasteiger partial charge is 0.465 e. The first-order valence-corrected chi connectivity index (χ1v) is 7.43. The van der Waals surface area contributed by atoms with E-state index in [4.69, 9.17) is 5.11 Å². The third kappa shape index (κ3) is 2.72. The second-order valence-electron chi connectivity index (χ2n) is 3.66. The van der Waals surface area contributed by atoms with Crippen molar-refractivity contribution in [1.82, 2.24) is 4.31 Å². The van der Waals surface area contributed by atoms with Gasteiger partial charge in [0.2, 0.25) is 10.0 Å². The molecule has 1 heterocycles. The summed E-state index contributed by atoms with van der Waals surface area (Å²) in [5, 5.41) is 10.5. The van der Waals surface area contributed by atoms with Crippen LogP contribution in [0.4, 0.5) is 0 Å². The van der Waals surface area contributed by atoms with Gasteiger partial charge < -0.3 is 9.84 Å². The third-order valence-corrected chi connectivity index (χ3v) is 5.58. The van der Waals surface area contributed by atoms with Gasteiger partial charge in [-0.15, -0.1) is 11.3 Å². The molecule has 0 aliphatic carbocycles. The van der Waals surface area contributed by atoms with E-state index in [1.807, 2.05) is 0 Å². The molecule has 0 fully saturated rings. The molecule has 1 aromatic rings. The lowest BCUT2D eigenvalue weighted by molar-refractivity contribution is 0.0602. The molecule has 0 aliphatic heterocycles. The molecule has 1 aromatic heterocycles. The van der Waals surface area contributed by atoms with Gasteiger partial charge in [0.25, 0.3) is 0 Å². The van der Waals surface area contributed by atoms with Crippen molar-refractivity contribution >= 4 is 27.3 Å². The average molecular weight is 293 g/mol. The van der Waals surface area contributed by atoms with Crippen LogP contribution in [0.1, 0.15) is 16.6 Å². The third-order valence-electron chi connectivity index (χ3n) is 2.54. The number of carbonyl (C=O) groups is 1. The summed E-state index contributed by atoms with van der Waals surface area (Å²) in [5.74, 6) is -0.686. The van der Waals surface area contributed by atoms with Crippen LogP contribution < -0.4 is 0 Å². The van der Waals surface area contributed by atoms with Crippen LogP contribution in [-0.4, -0.2) is 50.6 Å². The van der Waals surface area contributed by atoms with Crippen molar-refractivity contribution in [2.75, 3.05) is 20.8 Å². The topological polar surface area (TPSA) is 83.9 Å². The van der Waals surface area contributed by atoms with Crippen molar-refractivity contribution in [1.29, 1.82) is 0 Å². The summed E-state index contributed by atoms with van der Waals surface area (Å²) in [6.45, 7) is 1.27. The number of esters is 1. The Morgan fingerprint density at radius 3 is 2.72 bits per heavy atom. The molecule has 0 aliphatic rings. The summed E-state index contributed by atoms with van der Waals surface area (Å²) in [5.41, 5.74) is 0. The lowest BCUT2D eigenvalue weighted by Gasteiger charge is -2.22. The van der Waals surface area contributed by atoms with Crippen LogP contribution in [0.5, 0.6) is 0 Å². The van der Waals surface area contributed by atoms with Crippen molar-refractivity contribution in [2.24, 2.45) is 0 Å². The highest BCUT2D eigenvalue weighted by Crippen LogP contribution is 2.26. The van der Waals surface area contributed by atoms with Crippen molar-refractivity contribution in [2.45, 2.75) is 17.9 Å². The molecule has 0 bridgehead atoms. The van der Waals surface area contributed by atoms with E-state index in [0.29, 0.717) is 0 Å². The normalized spacial score (nSPS) is 13.6. The predicted octanol–water partition coefficient (Wildman–Crippen LogP) is 0.536. The molecule has 0 saturated carbocycles. The highest BCUT2D eigenvalue weighted by Gasteiger charge is 2.30. The SMILES string of the molecule is COC(=O)c1sccc1S(=O)(=O)N(C)C(C)CO. The number of methoxy groups -OCH3 is 1. The van der Waals surface area contributed by atoms with E-state index < -0.39 is 22.0 Å². The van der Waals surface area contributed by atoms with Crippen molar-refractivity contribution < 1.29 is 23.1 Å². The first-order valence-electron chi connectivity index (χ1n) is 5.11. The van der Waals surface area contributed by atoms with E-state index in [1.165, 1.54) is 25.6 Å². The first kappa shape index (κ1) is 15.1. The number of aliphatic hydroxyl groups is 1. The van der Waals surface area contributed by atoms with Crippen molar-refractivity contribution in [3.63, 3.8) is 0 Å². The molecule has 8 heteroatoms. The molecule has 6 nitrogen and oxygen atoms in total. The Balaban J connectivity index is 3.22. The number of aliphatic hydroxyl groups excluding tert-OH is 1. The molecule has 0 spiro atoms. The second kappa shape index (κ2) is 5.79. The maximum atomic E-state index is 12.2. The number of rotatable bonds is 5. The van der Waals surface area contributed by atoms with Crippen molar-refractivity contribution in [3.05, 3.63) is 16.3 Å². The minimum Gasteiger partial charge on any atom is -0.465 e. The first-order chi connectivity index (χ1) is 8.36. The Kier molecular flexibility index (Phi) is 4.85. The summed E-state index contributed by atoms with van der Waals surface area (Å²) in [4.78, 5) is 11.4. The summed E-state index contributed by atoms with van der Waals surface area (Å²) in [6, 6.07) is 0.785. The Bertz CT molecular complexity index is 522. The molecule has 1 N–H and O–H groups in total. The van der Waals surface area contributed by atoms with Crippen molar-refractivity contribution in [3.8, 4) is 0 Å². The molecule has 1 atom stereocenters. The molecule has 0 radical (unpaired) electrons. The van der Waals surface area contributed by atoms with Gasteiger partial charge >= 0.3 is 5.97 Å². The fraction of sp³-hybridized carbons (Fsp3) is 0.500. The maximum absolute atomic E-state index is 12.2. The molecule has 1 unspecified atom stereocenters. The zero-order chi connectivity index (χ0) is 13.9. The zero-order valence-corrected chi connectivity index (χ0v) is 11.9. The van der Waals surface area contributed by atoms with E-state index in [1.54, 1.807) is 6.92 Å². The standard InChI is InChI=1S/C10H15NO5S2/c1-7(6-12)11(2)18(14,15)8-4-5-17-9(8)10(13)16-3/h4-5,7,12H,6H2,1-3H3. The Morgan fingerprint density at radius 2 is 2.22 bits per heavy atom. The van der Waals surface area contributed by atoms with Crippen LogP contribution in [0.2, 0.25) is 0 Å². The molecule has 1 rings (SSSR count). The molecular formula is C10H15NO5S2. The molecule has 0 amide bonds. The van der Waals surface area contributed by atoms with Gasteiger partial charge in [0.05, 0.1) is 13.7 Å². The van der Waals surface area contributed by atoms with Gasteiger partial charge in [-0.2, -0.15) is 4.31 Å². The molecule has 0 aromatic carbocycles. The van der Waals surface area contributed by atoms with E-state index in [-0.39, 0.29) is 16.4 Å². The highest BCUT2D eigenvalue weighted by molar-refractivity contribution is 7.89. The van der Waals surface area contributed by atoms with Gasteiger partial charge in [-0.05, 0) is 18.4 Å². The fourth-order valence-corrected chi connectivity index (χ4v) is 3.91. The minimum atomic E-state index is -3.81. The number of sulfonamides is 1. The number of ether oxygens (including phenoxy) is 1. The van der Waals surface area contributed by atoms with E-state index in [0.717, 1.165) is 15.6 Å². The monoisotopic (exact) mass is 293 g/mol. The van der Waals surface area contributed by atoms with E-state index in [2.05, 4.69) is 4.74 Å². The zero-order valence-electron chi connectivity index (χ0n) is 10.3. The Hall–Kier alpha value is -0.960. The summed E-state index contributed by atoms with van der Waals surface area (Å²) >= 11 is 1.00. The van der Waals surface area contributed by atoms with Gasteiger partial charge in [-0.25, -0.2) is 13.2 Å². The minimum absolute atomic E-state index is 0.0366. The lowest BCUT2D eigenvalue weighted by atomic mass is 10.4. The number of hydrogen-bond acceptors (Lipinski definition) is 6. The number of hydrogen-bond donors (Lipinski definition) is 1. The lowest BCUT2D eigenvalue weighted by Crippen LogP contribution is -2.37. The van der Waals surface area contributed by atoms with E-state index in [9.17, 15) is 13.2 Å². The van der Waals surface area contributed by atoms with Crippen LogP contribution in [0.25, 0.3) is 0 Å². The summed E-state index contributed by atoms with van der Waals surface area (Å²) in [6.07, 6.45) is 0. The average Bonchev–Trinajstić information content (AvgIpc) is 2.85. The van der Waals surface area contributed by atoms with Crippen LogP contribution in [0.3, 0.4) is 0 Å². The van der Waals surface area contributed by atoms with Crippen LogP contribution in [0, 0.1) is 0 Å².